The predicted octanol–water partition coefficient (Wildman–Crippen LogP) is 2.50. The smallest absolute Gasteiger partial charge is 0.320 e. The second-order valence-corrected chi connectivity index (χ2v) is 4.83. The Balaban J connectivity index is 1.97. The lowest BCUT2D eigenvalue weighted by Crippen LogP contribution is -2.29. The molecule has 3 amide bonds. The first-order valence-electron chi connectivity index (χ1n) is 7.31. The van der Waals surface area contributed by atoms with Gasteiger partial charge in [-0.05, 0) is 24.3 Å². The van der Waals surface area contributed by atoms with Gasteiger partial charge in [-0.25, -0.2) is 13.6 Å². The summed E-state index contributed by atoms with van der Waals surface area (Å²) in [6, 6.07) is 9.22. The monoisotopic (exact) mass is 343 g/mol. The zero-order valence-electron chi connectivity index (χ0n) is 13.3. The van der Waals surface area contributed by atoms with Gasteiger partial charge in [-0.1, -0.05) is 30.0 Å². The Morgan fingerprint density at radius 2 is 1.72 bits per heavy atom. The van der Waals surface area contributed by atoms with Gasteiger partial charge in [0.25, 0.3) is 5.91 Å². The van der Waals surface area contributed by atoms with Crippen molar-refractivity contribution in [3.05, 3.63) is 65.2 Å². The van der Waals surface area contributed by atoms with Crippen molar-refractivity contribution in [3.63, 3.8) is 0 Å². The van der Waals surface area contributed by atoms with Gasteiger partial charge in [0.05, 0.1) is 12.1 Å². The van der Waals surface area contributed by atoms with Crippen LogP contribution in [0.2, 0.25) is 0 Å². The number of carbonyl (C=O) groups excluding carboxylic acids is 2. The van der Waals surface area contributed by atoms with Crippen LogP contribution in [0.25, 0.3) is 0 Å². The lowest BCUT2D eigenvalue weighted by Gasteiger charge is -2.07. The van der Waals surface area contributed by atoms with Crippen molar-refractivity contribution in [2.45, 2.75) is 0 Å². The molecule has 0 atom stereocenters. The van der Waals surface area contributed by atoms with E-state index in [-0.39, 0.29) is 12.5 Å². The Hall–Kier alpha value is -3.40. The molecule has 3 N–H and O–H groups in total. The molecule has 2 aromatic carbocycles. The SMILES string of the molecule is CNC(=O)c1ccccc1C#CCNC(=O)Nc1c(F)cccc1F. The number of para-hydroxylation sites is 1. The third-order valence-electron chi connectivity index (χ3n) is 3.16. The maximum absolute atomic E-state index is 13.4. The Bertz CT molecular complexity index is 837. The molecule has 7 heteroatoms. The van der Waals surface area contributed by atoms with Crippen LogP contribution in [-0.4, -0.2) is 25.5 Å². The van der Waals surface area contributed by atoms with Crippen molar-refractivity contribution >= 4 is 17.6 Å². The number of hydrogen-bond donors (Lipinski definition) is 3. The first kappa shape index (κ1) is 17.9. The predicted molar refractivity (Wildman–Crippen MR) is 90.1 cm³/mol. The molecule has 0 bridgehead atoms. The zero-order chi connectivity index (χ0) is 18.2. The molecule has 0 aliphatic heterocycles. The van der Waals surface area contributed by atoms with E-state index in [0.717, 1.165) is 12.1 Å². The van der Waals surface area contributed by atoms with Crippen LogP contribution in [-0.2, 0) is 0 Å². The van der Waals surface area contributed by atoms with Crippen molar-refractivity contribution in [2.75, 3.05) is 18.9 Å². The minimum absolute atomic E-state index is 0.0655. The van der Waals surface area contributed by atoms with Gasteiger partial charge in [0.1, 0.15) is 17.3 Å². The molecular weight excluding hydrogens is 328 g/mol. The summed E-state index contributed by atoms with van der Waals surface area (Å²) in [6.07, 6.45) is 0. The van der Waals surface area contributed by atoms with Crippen molar-refractivity contribution in [1.29, 1.82) is 0 Å². The highest BCUT2D eigenvalue weighted by molar-refractivity contribution is 5.96. The van der Waals surface area contributed by atoms with Crippen LogP contribution in [0.4, 0.5) is 19.3 Å². The number of urea groups is 1. The Morgan fingerprint density at radius 3 is 2.40 bits per heavy atom. The molecule has 128 valence electrons. The molecule has 0 aliphatic rings. The molecule has 0 saturated heterocycles. The van der Waals surface area contributed by atoms with Gasteiger partial charge < -0.3 is 16.0 Å². The van der Waals surface area contributed by atoms with E-state index in [2.05, 4.69) is 27.8 Å². The van der Waals surface area contributed by atoms with Crippen LogP contribution < -0.4 is 16.0 Å². The Morgan fingerprint density at radius 1 is 1.04 bits per heavy atom. The van der Waals surface area contributed by atoms with E-state index in [0.29, 0.717) is 11.1 Å². The van der Waals surface area contributed by atoms with Gasteiger partial charge in [-0.15, -0.1) is 0 Å². The van der Waals surface area contributed by atoms with Gasteiger partial charge in [0, 0.05) is 12.6 Å². The number of nitrogens with one attached hydrogen (secondary N) is 3. The van der Waals surface area contributed by atoms with Crippen LogP contribution >= 0.6 is 0 Å². The van der Waals surface area contributed by atoms with Crippen LogP contribution in [0.5, 0.6) is 0 Å². The van der Waals surface area contributed by atoms with E-state index in [9.17, 15) is 18.4 Å². The van der Waals surface area contributed by atoms with Crippen LogP contribution in [0.1, 0.15) is 15.9 Å². The summed E-state index contributed by atoms with van der Waals surface area (Å²) in [4.78, 5) is 23.4. The molecule has 2 aromatic rings. The number of halogens is 2. The molecular formula is C18H15F2N3O2. The molecule has 25 heavy (non-hydrogen) atoms. The Kier molecular flexibility index (Phi) is 6.07. The summed E-state index contributed by atoms with van der Waals surface area (Å²) < 4.78 is 26.9. The molecule has 0 heterocycles. The third-order valence-corrected chi connectivity index (χ3v) is 3.16. The summed E-state index contributed by atoms with van der Waals surface area (Å²) in [6.45, 7) is -0.0655. The average molecular weight is 343 g/mol. The fraction of sp³-hybridized carbons (Fsp3) is 0.111. The van der Waals surface area contributed by atoms with Crippen molar-refractivity contribution in [2.24, 2.45) is 0 Å². The van der Waals surface area contributed by atoms with E-state index in [1.54, 1.807) is 24.3 Å². The van der Waals surface area contributed by atoms with Crippen molar-refractivity contribution in [1.82, 2.24) is 10.6 Å². The molecule has 2 rings (SSSR count). The molecule has 0 saturated carbocycles. The fourth-order valence-corrected chi connectivity index (χ4v) is 1.96. The third kappa shape index (κ3) is 4.78. The number of benzene rings is 2. The molecule has 0 fully saturated rings. The number of rotatable bonds is 3. The highest BCUT2D eigenvalue weighted by Crippen LogP contribution is 2.17. The lowest BCUT2D eigenvalue weighted by atomic mass is 10.1. The quantitative estimate of drug-likeness (QED) is 0.750. The summed E-state index contributed by atoms with van der Waals surface area (Å²) >= 11 is 0. The topological polar surface area (TPSA) is 70.2 Å². The fourth-order valence-electron chi connectivity index (χ4n) is 1.96. The van der Waals surface area contributed by atoms with Crippen LogP contribution in [0.15, 0.2) is 42.5 Å². The van der Waals surface area contributed by atoms with Gasteiger partial charge in [0.2, 0.25) is 0 Å². The first-order chi connectivity index (χ1) is 12.0. The number of amides is 3. The van der Waals surface area contributed by atoms with Crippen molar-refractivity contribution < 1.29 is 18.4 Å². The average Bonchev–Trinajstić information content (AvgIpc) is 2.61. The molecule has 5 nitrogen and oxygen atoms in total. The maximum Gasteiger partial charge on any atom is 0.320 e. The van der Waals surface area contributed by atoms with Gasteiger partial charge in [-0.3, -0.25) is 4.79 Å². The number of hydrogen-bond acceptors (Lipinski definition) is 2. The number of anilines is 1. The summed E-state index contributed by atoms with van der Waals surface area (Å²) in [5, 5.41) is 6.96. The number of carbonyl (C=O) groups is 2. The summed E-state index contributed by atoms with van der Waals surface area (Å²) in [7, 11) is 1.51. The van der Waals surface area contributed by atoms with E-state index in [4.69, 9.17) is 0 Å². The second-order valence-electron chi connectivity index (χ2n) is 4.83. The summed E-state index contributed by atoms with van der Waals surface area (Å²) in [5.74, 6) is 3.43. The van der Waals surface area contributed by atoms with Crippen LogP contribution in [0.3, 0.4) is 0 Å². The maximum atomic E-state index is 13.4. The highest BCUT2D eigenvalue weighted by atomic mass is 19.1. The molecule has 0 aliphatic carbocycles. The summed E-state index contributed by atoms with van der Waals surface area (Å²) in [5.41, 5.74) is 0.387. The van der Waals surface area contributed by atoms with Gasteiger partial charge >= 0.3 is 6.03 Å². The first-order valence-corrected chi connectivity index (χ1v) is 7.31. The lowest BCUT2D eigenvalue weighted by molar-refractivity contribution is 0.0963. The largest absolute Gasteiger partial charge is 0.355 e. The van der Waals surface area contributed by atoms with Crippen molar-refractivity contribution in [3.8, 4) is 11.8 Å². The second kappa shape index (κ2) is 8.45. The highest BCUT2D eigenvalue weighted by Gasteiger charge is 2.11. The molecule has 0 aromatic heterocycles. The standard InChI is InChI=1S/C18H15F2N3O2/c1-21-17(24)13-8-3-2-6-12(13)7-5-11-22-18(25)23-16-14(19)9-4-10-15(16)20/h2-4,6,8-10H,11H2,1H3,(H,21,24)(H2,22,23,25). The van der Waals surface area contributed by atoms with E-state index in [1.807, 2.05) is 0 Å². The molecule has 0 unspecified atom stereocenters. The minimum atomic E-state index is -0.874. The minimum Gasteiger partial charge on any atom is -0.355 e. The van der Waals surface area contributed by atoms with E-state index in [1.165, 1.54) is 13.1 Å². The van der Waals surface area contributed by atoms with Gasteiger partial charge in [-0.2, -0.15) is 0 Å². The molecule has 0 spiro atoms. The zero-order valence-corrected chi connectivity index (χ0v) is 13.3. The normalized spacial score (nSPS) is 9.56. The van der Waals surface area contributed by atoms with E-state index >= 15 is 0 Å². The molecule has 0 radical (unpaired) electrons. The van der Waals surface area contributed by atoms with E-state index < -0.39 is 23.4 Å². The van der Waals surface area contributed by atoms with Crippen LogP contribution in [0, 0.1) is 23.5 Å². The Labute approximate surface area is 143 Å². The van der Waals surface area contributed by atoms with Gasteiger partial charge in [0.15, 0.2) is 0 Å².